The van der Waals surface area contributed by atoms with E-state index in [0.717, 1.165) is 22.3 Å². The third-order valence-corrected chi connectivity index (χ3v) is 3.35. The van der Waals surface area contributed by atoms with Crippen LogP contribution in [-0.4, -0.2) is 9.97 Å². The van der Waals surface area contributed by atoms with Crippen LogP contribution in [0.25, 0.3) is 33.9 Å². The van der Waals surface area contributed by atoms with E-state index in [1.165, 1.54) is 0 Å². The molecule has 4 aromatic rings. The van der Waals surface area contributed by atoms with Gasteiger partial charge >= 0.3 is 0 Å². The molecule has 100 valence electrons. The fourth-order valence-corrected chi connectivity index (χ4v) is 2.29. The van der Waals surface area contributed by atoms with Crippen LogP contribution in [0.4, 0.5) is 0 Å². The molecule has 0 saturated carbocycles. The Balaban J connectivity index is 1.82. The van der Waals surface area contributed by atoms with E-state index in [9.17, 15) is 0 Å². The number of hydrogen-bond acceptors (Lipinski definition) is 3. The molecule has 0 N–H and O–H groups in total. The maximum atomic E-state index is 5.79. The molecule has 2 aromatic carbocycles. The largest absolute Gasteiger partial charge is 0.418 e. The molecule has 4 rings (SSSR count). The van der Waals surface area contributed by atoms with Crippen molar-refractivity contribution in [2.45, 2.75) is 0 Å². The van der Waals surface area contributed by atoms with Crippen molar-refractivity contribution in [3.05, 3.63) is 72.8 Å². The van der Waals surface area contributed by atoms with Gasteiger partial charge < -0.3 is 4.42 Å². The molecule has 0 aliphatic carbocycles. The van der Waals surface area contributed by atoms with Crippen molar-refractivity contribution in [1.29, 1.82) is 0 Å². The summed E-state index contributed by atoms with van der Waals surface area (Å²) in [5.74, 6) is 0.600. The van der Waals surface area contributed by atoms with Gasteiger partial charge in [-0.05, 0) is 24.3 Å². The lowest BCUT2D eigenvalue weighted by Gasteiger charge is -1.98. The summed E-state index contributed by atoms with van der Waals surface area (Å²) in [5.41, 5.74) is 4.25. The third kappa shape index (κ3) is 2.19. The summed E-state index contributed by atoms with van der Waals surface area (Å²) in [6.07, 6.45) is 0. The van der Waals surface area contributed by atoms with Crippen LogP contribution in [0.2, 0.25) is 0 Å². The van der Waals surface area contributed by atoms with E-state index < -0.39 is 0 Å². The summed E-state index contributed by atoms with van der Waals surface area (Å²) in [5, 5.41) is 0. The number of benzene rings is 2. The number of fused-ring (bicyclic) bond motifs is 1. The summed E-state index contributed by atoms with van der Waals surface area (Å²) in [6.45, 7) is 0. The van der Waals surface area contributed by atoms with Gasteiger partial charge in [0.25, 0.3) is 0 Å². The van der Waals surface area contributed by atoms with E-state index in [4.69, 9.17) is 4.42 Å². The Bertz CT molecular complexity index is 845. The first kappa shape index (κ1) is 11.9. The summed E-state index contributed by atoms with van der Waals surface area (Å²) in [4.78, 5) is 9.05. The number of hydrogen-bond donors (Lipinski definition) is 0. The zero-order chi connectivity index (χ0) is 14.1. The van der Waals surface area contributed by atoms with Crippen molar-refractivity contribution in [3.8, 4) is 22.7 Å². The fraction of sp³-hybridized carbons (Fsp3) is 0. The normalized spacial score (nSPS) is 10.9. The van der Waals surface area contributed by atoms with Crippen molar-refractivity contribution in [1.82, 2.24) is 9.97 Å². The lowest BCUT2D eigenvalue weighted by Crippen LogP contribution is -1.82. The monoisotopic (exact) mass is 272 g/mol. The summed E-state index contributed by atoms with van der Waals surface area (Å²) >= 11 is 0. The van der Waals surface area contributed by atoms with Gasteiger partial charge in [-0.1, -0.05) is 48.5 Å². The van der Waals surface area contributed by atoms with Crippen molar-refractivity contribution in [2.24, 2.45) is 0 Å². The number of rotatable bonds is 2. The van der Waals surface area contributed by atoms with Gasteiger partial charge in [0.15, 0.2) is 0 Å². The summed E-state index contributed by atoms with van der Waals surface area (Å²) < 4.78 is 5.79. The Labute approximate surface area is 121 Å². The van der Waals surface area contributed by atoms with Gasteiger partial charge in [-0.2, -0.15) is 0 Å². The molecule has 0 amide bonds. The molecule has 0 unspecified atom stereocenters. The predicted octanol–water partition coefficient (Wildman–Crippen LogP) is 4.56. The van der Waals surface area contributed by atoms with Crippen molar-refractivity contribution >= 4 is 11.2 Å². The highest BCUT2D eigenvalue weighted by molar-refractivity contribution is 5.76. The van der Waals surface area contributed by atoms with Gasteiger partial charge in [-0.3, -0.25) is 0 Å². The maximum absolute atomic E-state index is 5.79. The van der Waals surface area contributed by atoms with E-state index in [2.05, 4.69) is 9.97 Å². The van der Waals surface area contributed by atoms with Gasteiger partial charge in [0.05, 0.1) is 5.69 Å². The van der Waals surface area contributed by atoms with Crippen LogP contribution in [0.3, 0.4) is 0 Å². The number of nitrogens with zero attached hydrogens (tertiary/aromatic N) is 2. The summed E-state index contributed by atoms with van der Waals surface area (Å²) in [6, 6.07) is 23.8. The predicted molar refractivity (Wildman–Crippen MR) is 82.7 cm³/mol. The first-order chi connectivity index (χ1) is 10.4. The Kier molecular flexibility index (Phi) is 2.75. The molecule has 0 bridgehead atoms. The van der Waals surface area contributed by atoms with Gasteiger partial charge in [-0.15, -0.1) is 0 Å². The second kappa shape index (κ2) is 4.87. The third-order valence-electron chi connectivity index (χ3n) is 3.35. The number of aromatic nitrogens is 2. The van der Waals surface area contributed by atoms with Crippen LogP contribution in [0.15, 0.2) is 77.2 Å². The molecule has 0 spiro atoms. The van der Waals surface area contributed by atoms with Crippen LogP contribution in [0, 0.1) is 0 Å². The molecule has 0 aliphatic rings. The number of pyridine rings is 1. The van der Waals surface area contributed by atoms with Gasteiger partial charge in [0.2, 0.25) is 11.6 Å². The second-order valence-corrected chi connectivity index (χ2v) is 4.77. The molecule has 21 heavy (non-hydrogen) atoms. The molecule has 0 fully saturated rings. The van der Waals surface area contributed by atoms with Gasteiger partial charge in [0, 0.05) is 11.1 Å². The summed E-state index contributed by atoms with van der Waals surface area (Å²) in [7, 11) is 0. The topological polar surface area (TPSA) is 38.9 Å². The standard InChI is InChI=1S/C18H12N2O/c1-3-7-13(8-4-1)15-11-12-16-18(19-15)21-17(20-16)14-9-5-2-6-10-14/h1-12H. The molecule has 2 heterocycles. The minimum atomic E-state index is 0.565. The lowest BCUT2D eigenvalue weighted by atomic mass is 10.1. The average molecular weight is 272 g/mol. The average Bonchev–Trinajstić information content (AvgIpc) is 2.99. The van der Waals surface area contributed by atoms with Crippen molar-refractivity contribution < 1.29 is 4.42 Å². The van der Waals surface area contributed by atoms with E-state index in [0.29, 0.717) is 11.6 Å². The highest BCUT2D eigenvalue weighted by Gasteiger charge is 2.10. The van der Waals surface area contributed by atoms with E-state index in [1.54, 1.807) is 0 Å². The second-order valence-electron chi connectivity index (χ2n) is 4.77. The lowest BCUT2D eigenvalue weighted by molar-refractivity contribution is 0.608. The molecule has 0 atom stereocenters. The van der Waals surface area contributed by atoms with E-state index in [1.807, 2.05) is 72.8 Å². The van der Waals surface area contributed by atoms with E-state index in [-0.39, 0.29) is 0 Å². The van der Waals surface area contributed by atoms with Crippen molar-refractivity contribution in [3.63, 3.8) is 0 Å². The smallest absolute Gasteiger partial charge is 0.247 e. The first-order valence-electron chi connectivity index (χ1n) is 6.78. The molecule has 0 aliphatic heterocycles. The highest BCUT2D eigenvalue weighted by atomic mass is 16.4. The van der Waals surface area contributed by atoms with Crippen LogP contribution >= 0.6 is 0 Å². The zero-order valence-electron chi connectivity index (χ0n) is 11.2. The molecule has 0 saturated heterocycles. The highest BCUT2D eigenvalue weighted by Crippen LogP contribution is 2.25. The molecule has 3 heteroatoms. The Hall–Kier alpha value is -2.94. The zero-order valence-corrected chi connectivity index (χ0v) is 11.2. The maximum Gasteiger partial charge on any atom is 0.247 e. The Morgan fingerprint density at radius 1 is 0.619 bits per heavy atom. The quantitative estimate of drug-likeness (QED) is 0.537. The molecule has 0 radical (unpaired) electrons. The van der Waals surface area contributed by atoms with E-state index >= 15 is 0 Å². The number of oxazole rings is 1. The SMILES string of the molecule is c1ccc(-c2ccc3nc(-c4ccccc4)oc3n2)cc1. The van der Waals surface area contributed by atoms with Crippen LogP contribution in [-0.2, 0) is 0 Å². The van der Waals surface area contributed by atoms with Crippen molar-refractivity contribution in [2.75, 3.05) is 0 Å². The minimum Gasteiger partial charge on any atom is -0.418 e. The Morgan fingerprint density at radius 3 is 2.00 bits per heavy atom. The van der Waals surface area contributed by atoms with Crippen LogP contribution in [0.1, 0.15) is 0 Å². The van der Waals surface area contributed by atoms with Gasteiger partial charge in [0.1, 0.15) is 5.52 Å². The molecule has 3 nitrogen and oxygen atoms in total. The molecular weight excluding hydrogens is 260 g/mol. The fourth-order valence-electron chi connectivity index (χ4n) is 2.29. The molecular formula is C18H12N2O. The first-order valence-corrected chi connectivity index (χ1v) is 6.78. The molecule has 2 aromatic heterocycles. The van der Waals surface area contributed by atoms with Crippen LogP contribution in [0.5, 0.6) is 0 Å². The van der Waals surface area contributed by atoms with Crippen LogP contribution < -0.4 is 0 Å². The minimum absolute atomic E-state index is 0.565. The van der Waals surface area contributed by atoms with Gasteiger partial charge in [-0.25, -0.2) is 9.97 Å². The Morgan fingerprint density at radius 2 is 1.29 bits per heavy atom.